The molecule has 0 N–H and O–H groups in total. The summed E-state index contributed by atoms with van der Waals surface area (Å²) in [5.41, 5.74) is 0.906. The SMILES string of the molecule is COc1ccc(N(C#N)CC2CCCOC2)cc1. The van der Waals surface area contributed by atoms with Crippen LogP contribution in [0.3, 0.4) is 0 Å². The minimum atomic E-state index is 0.445. The van der Waals surface area contributed by atoms with Gasteiger partial charge < -0.3 is 9.47 Å². The van der Waals surface area contributed by atoms with E-state index in [0.29, 0.717) is 5.92 Å². The Morgan fingerprint density at radius 3 is 2.78 bits per heavy atom. The van der Waals surface area contributed by atoms with Crippen molar-refractivity contribution in [3.8, 4) is 11.9 Å². The van der Waals surface area contributed by atoms with Gasteiger partial charge in [0.1, 0.15) is 5.75 Å². The Morgan fingerprint density at radius 1 is 1.44 bits per heavy atom. The summed E-state index contributed by atoms with van der Waals surface area (Å²) in [6, 6.07) is 7.56. The Labute approximate surface area is 108 Å². The van der Waals surface area contributed by atoms with Crippen molar-refractivity contribution >= 4 is 5.69 Å². The lowest BCUT2D eigenvalue weighted by molar-refractivity contribution is 0.0580. The molecule has 0 spiro atoms. The highest BCUT2D eigenvalue weighted by molar-refractivity contribution is 5.52. The topological polar surface area (TPSA) is 45.5 Å². The summed E-state index contributed by atoms with van der Waals surface area (Å²) in [5.74, 6) is 1.25. The summed E-state index contributed by atoms with van der Waals surface area (Å²) in [6.45, 7) is 2.34. The fourth-order valence-electron chi connectivity index (χ4n) is 2.18. The molecule has 0 radical (unpaired) electrons. The minimum absolute atomic E-state index is 0.445. The van der Waals surface area contributed by atoms with E-state index in [-0.39, 0.29) is 0 Å². The van der Waals surface area contributed by atoms with Gasteiger partial charge in [-0.15, -0.1) is 0 Å². The van der Waals surface area contributed by atoms with E-state index >= 15 is 0 Å². The molecular formula is C14H18N2O2. The summed E-state index contributed by atoms with van der Waals surface area (Å²) in [6.07, 6.45) is 4.46. The monoisotopic (exact) mass is 246 g/mol. The van der Waals surface area contributed by atoms with Gasteiger partial charge in [0.05, 0.1) is 19.4 Å². The Kier molecular flexibility index (Phi) is 4.43. The van der Waals surface area contributed by atoms with Crippen LogP contribution in [-0.2, 0) is 4.74 Å². The maximum Gasteiger partial charge on any atom is 0.184 e. The van der Waals surface area contributed by atoms with E-state index in [1.165, 1.54) is 0 Å². The third-order valence-corrected chi connectivity index (χ3v) is 3.20. The van der Waals surface area contributed by atoms with Crippen LogP contribution in [0, 0.1) is 17.4 Å². The molecule has 1 unspecified atom stereocenters. The standard InChI is InChI=1S/C14H18N2O2/c1-17-14-6-4-13(5-7-14)16(11-15)9-12-3-2-8-18-10-12/h4-7,12H,2-3,8-10H2,1H3. The van der Waals surface area contributed by atoms with E-state index in [9.17, 15) is 5.26 Å². The van der Waals surface area contributed by atoms with Crippen LogP contribution in [0.5, 0.6) is 5.75 Å². The molecule has 1 aromatic rings. The van der Waals surface area contributed by atoms with E-state index in [1.54, 1.807) is 12.0 Å². The van der Waals surface area contributed by atoms with Crippen molar-refractivity contribution in [3.05, 3.63) is 24.3 Å². The number of ether oxygens (including phenoxy) is 2. The molecule has 0 aromatic heterocycles. The van der Waals surface area contributed by atoms with Crippen LogP contribution < -0.4 is 9.64 Å². The van der Waals surface area contributed by atoms with Gasteiger partial charge in [-0.25, -0.2) is 0 Å². The molecule has 1 heterocycles. The van der Waals surface area contributed by atoms with Gasteiger partial charge in [0.15, 0.2) is 6.19 Å². The second-order valence-electron chi connectivity index (χ2n) is 4.49. The van der Waals surface area contributed by atoms with E-state index in [0.717, 1.165) is 44.0 Å². The molecule has 1 aliphatic heterocycles. The van der Waals surface area contributed by atoms with Crippen LogP contribution in [-0.4, -0.2) is 26.9 Å². The molecule has 4 nitrogen and oxygen atoms in total. The second kappa shape index (κ2) is 6.27. The molecule has 0 bridgehead atoms. The van der Waals surface area contributed by atoms with Crippen LogP contribution >= 0.6 is 0 Å². The predicted molar refractivity (Wildman–Crippen MR) is 69.5 cm³/mol. The first-order chi connectivity index (χ1) is 8.83. The maximum absolute atomic E-state index is 9.24. The zero-order chi connectivity index (χ0) is 12.8. The number of anilines is 1. The quantitative estimate of drug-likeness (QED) is 0.604. The van der Waals surface area contributed by atoms with Crippen LogP contribution in [0.15, 0.2) is 24.3 Å². The third-order valence-electron chi connectivity index (χ3n) is 3.20. The van der Waals surface area contributed by atoms with E-state index in [1.807, 2.05) is 24.3 Å². The minimum Gasteiger partial charge on any atom is -0.497 e. The molecule has 0 amide bonds. The van der Waals surface area contributed by atoms with Crippen molar-refractivity contribution in [2.45, 2.75) is 12.8 Å². The van der Waals surface area contributed by atoms with Crippen LogP contribution in [0.25, 0.3) is 0 Å². The molecule has 18 heavy (non-hydrogen) atoms. The lowest BCUT2D eigenvalue weighted by atomic mass is 10.0. The number of methoxy groups -OCH3 is 1. The molecule has 0 saturated carbocycles. The summed E-state index contributed by atoms with van der Waals surface area (Å²) < 4.78 is 10.6. The number of hydrogen-bond donors (Lipinski definition) is 0. The summed E-state index contributed by atoms with van der Waals surface area (Å²) in [5, 5.41) is 9.24. The molecule has 2 rings (SSSR count). The molecule has 1 atom stereocenters. The number of benzene rings is 1. The summed E-state index contributed by atoms with van der Waals surface area (Å²) in [7, 11) is 1.64. The van der Waals surface area contributed by atoms with Gasteiger partial charge in [-0.05, 0) is 37.1 Å². The first kappa shape index (κ1) is 12.7. The van der Waals surface area contributed by atoms with Crippen molar-refractivity contribution in [2.24, 2.45) is 5.92 Å². The van der Waals surface area contributed by atoms with Gasteiger partial charge in [0, 0.05) is 19.1 Å². The van der Waals surface area contributed by atoms with Crippen molar-refractivity contribution < 1.29 is 9.47 Å². The average Bonchev–Trinajstić information content (AvgIpc) is 2.46. The summed E-state index contributed by atoms with van der Waals surface area (Å²) in [4.78, 5) is 1.72. The molecular weight excluding hydrogens is 228 g/mol. The second-order valence-corrected chi connectivity index (χ2v) is 4.49. The smallest absolute Gasteiger partial charge is 0.184 e. The van der Waals surface area contributed by atoms with Crippen molar-refractivity contribution in [1.29, 1.82) is 5.26 Å². The average molecular weight is 246 g/mol. The van der Waals surface area contributed by atoms with Gasteiger partial charge in [-0.2, -0.15) is 5.26 Å². The zero-order valence-electron chi connectivity index (χ0n) is 10.6. The Bertz CT molecular complexity index is 405. The number of nitriles is 1. The van der Waals surface area contributed by atoms with Crippen LogP contribution in [0.4, 0.5) is 5.69 Å². The Morgan fingerprint density at radius 2 is 2.22 bits per heavy atom. The van der Waals surface area contributed by atoms with Crippen molar-refractivity contribution in [1.82, 2.24) is 0 Å². The molecule has 1 aromatic carbocycles. The van der Waals surface area contributed by atoms with Crippen molar-refractivity contribution in [3.63, 3.8) is 0 Å². The van der Waals surface area contributed by atoms with Gasteiger partial charge in [-0.1, -0.05) is 0 Å². The number of nitrogens with zero attached hydrogens (tertiary/aromatic N) is 2. The fraction of sp³-hybridized carbons (Fsp3) is 0.500. The maximum atomic E-state index is 9.24. The highest BCUT2D eigenvalue weighted by Gasteiger charge is 2.18. The molecule has 4 heteroatoms. The molecule has 96 valence electrons. The van der Waals surface area contributed by atoms with Gasteiger partial charge in [-0.3, -0.25) is 4.90 Å². The predicted octanol–water partition coefficient (Wildman–Crippen LogP) is 2.41. The summed E-state index contributed by atoms with van der Waals surface area (Å²) >= 11 is 0. The van der Waals surface area contributed by atoms with Crippen LogP contribution in [0.1, 0.15) is 12.8 Å². The molecule has 0 aliphatic carbocycles. The van der Waals surface area contributed by atoms with Gasteiger partial charge in [0.2, 0.25) is 0 Å². The van der Waals surface area contributed by atoms with E-state index in [4.69, 9.17) is 9.47 Å². The third kappa shape index (κ3) is 3.14. The number of hydrogen-bond acceptors (Lipinski definition) is 4. The largest absolute Gasteiger partial charge is 0.497 e. The van der Waals surface area contributed by atoms with E-state index < -0.39 is 0 Å². The number of rotatable bonds is 4. The van der Waals surface area contributed by atoms with Gasteiger partial charge >= 0.3 is 0 Å². The molecule has 1 saturated heterocycles. The normalized spacial score (nSPS) is 19.0. The highest BCUT2D eigenvalue weighted by atomic mass is 16.5. The highest BCUT2D eigenvalue weighted by Crippen LogP contribution is 2.22. The Balaban J connectivity index is 2.00. The van der Waals surface area contributed by atoms with Crippen LogP contribution in [0.2, 0.25) is 0 Å². The fourth-order valence-corrected chi connectivity index (χ4v) is 2.18. The zero-order valence-corrected chi connectivity index (χ0v) is 10.6. The first-order valence-electron chi connectivity index (χ1n) is 6.22. The first-order valence-corrected chi connectivity index (χ1v) is 6.22. The van der Waals surface area contributed by atoms with Crippen molar-refractivity contribution in [2.75, 3.05) is 31.8 Å². The molecule has 1 aliphatic rings. The lowest BCUT2D eigenvalue weighted by Gasteiger charge is -2.26. The lowest BCUT2D eigenvalue weighted by Crippen LogP contribution is -2.30. The van der Waals surface area contributed by atoms with Gasteiger partial charge in [0.25, 0.3) is 0 Å². The van der Waals surface area contributed by atoms with E-state index in [2.05, 4.69) is 6.19 Å². The Hall–Kier alpha value is -1.73. The molecule has 1 fully saturated rings.